The third-order valence-electron chi connectivity index (χ3n) is 5.70. The highest BCUT2D eigenvalue weighted by Gasteiger charge is 2.58. The second-order valence-corrected chi connectivity index (χ2v) is 7.49. The molecular weight excluding hydrogens is 369 g/mol. The standard InChI is InChI=1S/C23H28FN3O2/c1-4-5-11-20-26(3)21(28)23(27(20)22(29)25-2,16-17-9-7-6-8-10-17)18-12-14-19(24)15-13-18/h6-10,12-15,20H,4-5,11,16H2,1-3H3,(H,25,29). The summed E-state index contributed by atoms with van der Waals surface area (Å²) in [7, 11) is 3.31. The summed E-state index contributed by atoms with van der Waals surface area (Å²) in [6.07, 6.45) is 2.49. The Kier molecular flexibility index (Phi) is 6.20. The Balaban J connectivity index is 2.20. The van der Waals surface area contributed by atoms with Crippen molar-refractivity contribution >= 4 is 11.9 Å². The van der Waals surface area contributed by atoms with Crippen LogP contribution in [0.4, 0.5) is 9.18 Å². The zero-order chi connectivity index (χ0) is 21.0. The summed E-state index contributed by atoms with van der Waals surface area (Å²) in [4.78, 5) is 30.1. The Morgan fingerprint density at radius 1 is 1.14 bits per heavy atom. The van der Waals surface area contributed by atoms with Crippen LogP contribution in [0.3, 0.4) is 0 Å². The Morgan fingerprint density at radius 2 is 1.79 bits per heavy atom. The van der Waals surface area contributed by atoms with Crippen molar-refractivity contribution in [3.63, 3.8) is 0 Å². The lowest BCUT2D eigenvalue weighted by molar-refractivity contribution is -0.133. The monoisotopic (exact) mass is 397 g/mol. The third kappa shape index (κ3) is 3.71. The number of rotatable bonds is 6. The number of carbonyl (C=O) groups excluding carboxylic acids is 2. The molecule has 2 atom stereocenters. The minimum absolute atomic E-state index is 0.155. The molecule has 2 unspecified atom stereocenters. The van der Waals surface area contributed by atoms with Gasteiger partial charge in [-0.15, -0.1) is 0 Å². The number of nitrogens with zero attached hydrogens (tertiary/aromatic N) is 2. The fourth-order valence-electron chi connectivity index (χ4n) is 4.24. The first-order valence-electron chi connectivity index (χ1n) is 10.0. The zero-order valence-electron chi connectivity index (χ0n) is 17.2. The fraction of sp³-hybridized carbons (Fsp3) is 0.391. The molecule has 1 N–H and O–H groups in total. The van der Waals surface area contributed by atoms with E-state index in [2.05, 4.69) is 12.2 Å². The molecule has 0 spiro atoms. The van der Waals surface area contributed by atoms with E-state index in [0.29, 0.717) is 18.4 Å². The van der Waals surface area contributed by atoms with E-state index in [4.69, 9.17) is 0 Å². The quantitative estimate of drug-likeness (QED) is 0.804. The highest BCUT2D eigenvalue weighted by atomic mass is 19.1. The van der Waals surface area contributed by atoms with Gasteiger partial charge in [0, 0.05) is 20.5 Å². The number of carbonyl (C=O) groups is 2. The van der Waals surface area contributed by atoms with Crippen LogP contribution >= 0.6 is 0 Å². The van der Waals surface area contributed by atoms with Crippen LogP contribution in [0.15, 0.2) is 54.6 Å². The van der Waals surface area contributed by atoms with Gasteiger partial charge in [-0.25, -0.2) is 9.18 Å². The van der Waals surface area contributed by atoms with E-state index in [-0.39, 0.29) is 23.9 Å². The zero-order valence-corrected chi connectivity index (χ0v) is 17.2. The lowest BCUT2D eigenvalue weighted by Gasteiger charge is -2.38. The number of hydrogen-bond acceptors (Lipinski definition) is 2. The molecule has 1 fully saturated rings. The average molecular weight is 397 g/mol. The minimum atomic E-state index is -1.23. The molecule has 154 valence electrons. The number of nitrogens with one attached hydrogen (secondary N) is 1. The van der Waals surface area contributed by atoms with Crippen LogP contribution < -0.4 is 5.32 Å². The molecule has 2 aromatic carbocycles. The van der Waals surface area contributed by atoms with Crippen molar-refractivity contribution < 1.29 is 14.0 Å². The van der Waals surface area contributed by atoms with Gasteiger partial charge in [0.25, 0.3) is 5.91 Å². The van der Waals surface area contributed by atoms with Gasteiger partial charge >= 0.3 is 6.03 Å². The number of likely N-dealkylation sites (N-methyl/N-ethyl adjacent to an activating group) is 1. The number of benzene rings is 2. The molecule has 5 nitrogen and oxygen atoms in total. The molecule has 3 amide bonds. The molecule has 3 rings (SSSR count). The normalized spacial score (nSPS) is 21.5. The van der Waals surface area contributed by atoms with E-state index in [1.165, 1.54) is 12.1 Å². The summed E-state index contributed by atoms with van der Waals surface area (Å²) in [6.45, 7) is 2.08. The van der Waals surface area contributed by atoms with Crippen molar-refractivity contribution in [1.29, 1.82) is 0 Å². The van der Waals surface area contributed by atoms with Gasteiger partial charge in [0.1, 0.15) is 12.0 Å². The number of hydrogen-bond donors (Lipinski definition) is 1. The molecule has 1 saturated heterocycles. The number of unbranched alkanes of at least 4 members (excludes halogenated alkanes) is 1. The Morgan fingerprint density at radius 3 is 2.38 bits per heavy atom. The SMILES string of the molecule is CCCCC1N(C)C(=O)C(Cc2ccccc2)(c2ccc(F)cc2)N1C(=O)NC. The van der Waals surface area contributed by atoms with E-state index in [1.807, 2.05) is 30.3 Å². The molecular formula is C23H28FN3O2. The molecule has 0 bridgehead atoms. The topological polar surface area (TPSA) is 52.7 Å². The van der Waals surface area contributed by atoms with E-state index < -0.39 is 5.54 Å². The molecule has 0 saturated carbocycles. The van der Waals surface area contributed by atoms with Crippen molar-refractivity contribution in [3.8, 4) is 0 Å². The first kappa shape index (κ1) is 20.8. The summed E-state index contributed by atoms with van der Waals surface area (Å²) in [6, 6.07) is 15.2. The van der Waals surface area contributed by atoms with Gasteiger partial charge in [0.2, 0.25) is 0 Å². The Labute approximate surface area is 171 Å². The maximum absolute atomic E-state index is 13.7. The van der Waals surface area contributed by atoms with Crippen LogP contribution in [0.2, 0.25) is 0 Å². The average Bonchev–Trinajstić information content (AvgIpc) is 2.95. The maximum Gasteiger partial charge on any atom is 0.319 e. The van der Waals surface area contributed by atoms with E-state index in [9.17, 15) is 14.0 Å². The lowest BCUT2D eigenvalue weighted by atomic mass is 9.82. The summed E-state index contributed by atoms with van der Waals surface area (Å²) in [5.74, 6) is -0.533. The second-order valence-electron chi connectivity index (χ2n) is 7.49. The second kappa shape index (κ2) is 8.64. The molecule has 0 aromatic heterocycles. The van der Waals surface area contributed by atoms with Gasteiger partial charge in [0.15, 0.2) is 5.54 Å². The number of urea groups is 1. The highest BCUT2D eigenvalue weighted by molar-refractivity contribution is 5.95. The molecule has 1 aliphatic heterocycles. The Hall–Kier alpha value is -2.89. The molecule has 1 aliphatic rings. The van der Waals surface area contributed by atoms with Crippen LogP contribution in [0, 0.1) is 5.82 Å². The molecule has 29 heavy (non-hydrogen) atoms. The largest absolute Gasteiger partial charge is 0.341 e. The van der Waals surface area contributed by atoms with E-state index in [0.717, 1.165) is 18.4 Å². The van der Waals surface area contributed by atoms with Gasteiger partial charge in [-0.1, -0.05) is 55.8 Å². The predicted octanol–water partition coefficient (Wildman–Crippen LogP) is 3.89. The van der Waals surface area contributed by atoms with Gasteiger partial charge in [-0.2, -0.15) is 0 Å². The van der Waals surface area contributed by atoms with Gasteiger partial charge in [-0.05, 0) is 36.1 Å². The van der Waals surface area contributed by atoms with Crippen LogP contribution in [0.5, 0.6) is 0 Å². The summed E-state index contributed by atoms with van der Waals surface area (Å²) in [5.41, 5.74) is 0.313. The highest BCUT2D eigenvalue weighted by Crippen LogP contribution is 2.43. The van der Waals surface area contributed by atoms with Gasteiger partial charge in [-0.3, -0.25) is 9.69 Å². The van der Waals surface area contributed by atoms with Crippen LogP contribution in [-0.2, 0) is 16.8 Å². The van der Waals surface area contributed by atoms with E-state index in [1.54, 1.807) is 36.0 Å². The van der Waals surface area contributed by atoms with Crippen LogP contribution in [0.1, 0.15) is 37.3 Å². The number of amides is 3. The molecule has 1 heterocycles. The van der Waals surface area contributed by atoms with Crippen molar-refractivity contribution in [2.75, 3.05) is 14.1 Å². The molecule has 0 radical (unpaired) electrons. The smallest absolute Gasteiger partial charge is 0.319 e. The van der Waals surface area contributed by atoms with Gasteiger partial charge in [0.05, 0.1) is 0 Å². The third-order valence-corrected chi connectivity index (χ3v) is 5.70. The summed E-state index contributed by atoms with van der Waals surface area (Å²) >= 11 is 0. The van der Waals surface area contributed by atoms with Crippen molar-refractivity contribution in [2.45, 2.75) is 44.3 Å². The van der Waals surface area contributed by atoms with Crippen LogP contribution in [0.25, 0.3) is 0 Å². The first-order valence-corrected chi connectivity index (χ1v) is 10.0. The summed E-state index contributed by atoms with van der Waals surface area (Å²) < 4.78 is 13.7. The van der Waals surface area contributed by atoms with Gasteiger partial charge < -0.3 is 10.2 Å². The molecule has 0 aliphatic carbocycles. The van der Waals surface area contributed by atoms with Crippen molar-refractivity contribution in [1.82, 2.24) is 15.1 Å². The van der Waals surface area contributed by atoms with Crippen LogP contribution in [-0.4, -0.2) is 42.0 Å². The lowest BCUT2D eigenvalue weighted by Crippen LogP contribution is -2.55. The number of halogens is 1. The maximum atomic E-state index is 13.7. The van der Waals surface area contributed by atoms with E-state index >= 15 is 0 Å². The summed E-state index contributed by atoms with van der Waals surface area (Å²) in [5, 5.41) is 2.71. The first-order chi connectivity index (χ1) is 14.0. The minimum Gasteiger partial charge on any atom is -0.341 e. The van der Waals surface area contributed by atoms with Crippen molar-refractivity contribution in [2.24, 2.45) is 0 Å². The fourth-order valence-corrected chi connectivity index (χ4v) is 4.24. The predicted molar refractivity (Wildman–Crippen MR) is 111 cm³/mol. The molecule has 6 heteroatoms. The van der Waals surface area contributed by atoms with Crippen molar-refractivity contribution in [3.05, 3.63) is 71.5 Å². The molecule has 2 aromatic rings. The Bertz CT molecular complexity index is 856.